The van der Waals surface area contributed by atoms with E-state index in [1.165, 1.54) is 45.8 Å². The highest BCUT2D eigenvalue weighted by atomic mass is 15.0. The molecule has 11 rings (SSSR count). The highest BCUT2D eigenvalue weighted by Crippen LogP contribution is 2.49. The maximum Gasteiger partial charge on any atom is 0.164 e. The van der Waals surface area contributed by atoms with E-state index in [9.17, 15) is 0 Å². The van der Waals surface area contributed by atoms with Crippen molar-refractivity contribution in [2.75, 3.05) is 0 Å². The summed E-state index contributed by atoms with van der Waals surface area (Å²) in [5.41, 5.74) is 14.0. The quantitative estimate of drug-likeness (QED) is 0.169. The van der Waals surface area contributed by atoms with Crippen LogP contribution in [0.2, 0.25) is 0 Å². The Morgan fingerprint density at radius 1 is 0.361 bits per heavy atom. The molecule has 1 aliphatic carbocycles. The number of nitrogens with zero attached hydrogens (tertiary/aromatic N) is 4. The summed E-state index contributed by atoms with van der Waals surface area (Å²) in [6.07, 6.45) is 2.35. The monoisotopic (exact) mass is 786 g/mol. The van der Waals surface area contributed by atoms with Crippen LogP contribution in [0, 0.1) is 0 Å². The van der Waals surface area contributed by atoms with Crippen LogP contribution in [-0.4, -0.2) is 19.5 Å². The van der Waals surface area contributed by atoms with Gasteiger partial charge in [-0.05, 0) is 111 Å². The van der Waals surface area contributed by atoms with Gasteiger partial charge in [0.05, 0.1) is 16.7 Å². The van der Waals surface area contributed by atoms with Crippen molar-refractivity contribution in [3.8, 4) is 62.1 Å². The summed E-state index contributed by atoms with van der Waals surface area (Å²) in [4.78, 5) is 15.8. The number of para-hydroxylation sites is 1. The number of hydrogen-bond acceptors (Lipinski definition) is 3. The van der Waals surface area contributed by atoms with Gasteiger partial charge in [0, 0.05) is 32.8 Å². The molecule has 294 valence electrons. The minimum Gasteiger partial charge on any atom is -0.309 e. The normalized spacial score (nSPS) is 14.4. The summed E-state index contributed by atoms with van der Waals surface area (Å²) in [5, 5.41) is 4.80. The Balaban J connectivity index is 1.14. The van der Waals surface area contributed by atoms with E-state index < -0.39 is 0 Å². The third-order valence-corrected chi connectivity index (χ3v) is 13.1. The lowest BCUT2D eigenvalue weighted by Crippen LogP contribution is -2.33. The largest absolute Gasteiger partial charge is 0.309 e. The van der Waals surface area contributed by atoms with E-state index in [0.717, 1.165) is 55.4 Å². The Hall–Kier alpha value is -7.17. The van der Waals surface area contributed by atoms with Crippen LogP contribution >= 0.6 is 0 Å². The second kappa shape index (κ2) is 14.2. The standard InChI is InChI=1S/C57H46N4/c1-56(2)30-31-57(3,4)49-36-52-47(35-48(49)56)45-26-16-17-27-50(45)61(52)51-29-28-46(43-24-14-15-25-44(43)51)55-59-53(39-22-12-7-13-23-39)58-54(60-55)42-33-40(37-18-8-5-9-19-37)32-41(34-42)38-20-10-6-11-21-38/h5-29,32-36H,30-31H2,1-4H3. The zero-order chi connectivity index (χ0) is 41.3. The molecule has 0 spiro atoms. The van der Waals surface area contributed by atoms with Crippen molar-refractivity contribution < 1.29 is 0 Å². The van der Waals surface area contributed by atoms with Crippen LogP contribution in [0.15, 0.2) is 182 Å². The molecule has 61 heavy (non-hydrogen) atoms. The molecule has 0 unspecified atom stereocenters. The van der Waals surface area contributed by atoms with Gasteiger partial charge in [-0.2, -0.15) is 0 Å². The van der Waals surface area contributed by atoms with E-state index in [4.69, 9.17) is 15.0 Å². The molecule has 0 saturated heterocycles. The summed E-state index contributed by atoms with van der Waals surface area (Å²) in [5.74, 6) is 1.90. The van der Waals surface area contributed by atoms with Gasteiger partial charge in [-0.15, -0.1) is 0 Å². The van der Waals surface area contributed by atoms with Gasteiger partial charge in [-0.25, -0.2) is 15.0 Å². The molecule has 0 saturated carbocycles. The van der Waals surface area contributed by atoms with Gasteiger partial charge in [0.15, 0.2) is 17.5 Å². The highest BCUT2D eigenvalue weighted by molar-refractivity contribution is 6.12. The topological polar surface area (TPSA) is 43.6 Å². The smallest absolute Gasteiger partial charge is 0.164 e. The molecule has 2 aromatic heterocycles. The minimum atomic E-state index is 0.0849. The average Bonchev–Trinajstić information content (AvgIpc) is 3.63. The third-order valence-electron chi connectivity index (χ3n) is 13.1. The van der Waals surface area contributed by atoms with Crippen molar-refractivity contribution in [1.82, 2.24) is 19.5 Å². The Bertz CT molecular complexity index is 3230. The molecule has 0 amide bonds. The van der Waals surface area contributed by atoms with Crippen LogP contribution in [0.1, 0.15) is 51.7 Å². The van der Waals surface area contributed by atoms with E-state index in [1.807, 2.05) is 18.2 Å². The Labute approximate surface area is 357 Å². The lowest BCUT2D eigenvalue weighted by Gasteiger charge is -2.42. The highest BCUT2D eigenvalue weighted by Gasteiger charge is 2.38. The first-order valence-electron chi connectivity index (χ1n) is 21.4. The first kappa shape index (κ1) is 36.9. The van der Waals surface area contributed by atoms with Crippen molar-refractivity contribution in [3.63, 3.8) is 0 Å². The maximum atomic E-state index is 5.36. The van der Waals surface area contributed by atoms with Crippen LogP contribution in [0.3, 0.4) is 0 Å². The van der Waals surface area contributed by atoms with Crippen LogP contribution in [0.5, 0.6) is 0 Å². The van der Waals surface area contributed by atoms with Crippen LogP contribution < -0.4 is 0 Å². The fourth-order valence-electron chi connectivity index (χ4n) is 9.66. The molecule has 0 N–H and O–H groups in total. The second-order valence-electron chi connectivity index (χ2n) is 17.9. The summed E-state index contributed by atoms with van der Waals surface area (Å²) < 4.78 is 2.49. The second-order valence-corrected chi connectivity index (χ2v) is 17.9. The van der Waals surface area contributed by atoms with Gasteiger partial charge < -0.3 is 4.57 Å². The number of rotatable bonds is 6. The lowest BCUT2D eigenvalue weighted by molar-refractivity contribution is 0.332. The van der Waals surface area contributed by atoms with Gasteiger partial charge in [-0.1, -0.05) is 161 Å². The summed E-state index contributed by atoms with van der Waals surface area (Å²) in [6.45, 7) is 9.65. The summed E-state index contributed by atoms with van der Waals surface area (Å²) in [6, 6.07) is 65.1. The molecule has 2 heterocycles. The first-order valence-corrected chi connectivity index (χ1v) is 21.4. The zero-order valence-corrected chi connectivity index (χ0v) is 35.0. The number of benzene rings is 8. The molecule has 10 aromatic rings. The molecule has 0 atom stereocenters. The van der Waals surface area contributed by atoms with E-state index in [0.29, 0.717) is 17.5 Å². The van der Waals surface area contributed by atoms with Crippen molar-refractivity contribution in [3.05, 3.63) is 193 Å². The molecule has 0 radical (unpaired) electrons. The fourth-order valence-corrected chi connectivity index (χ4v) is 9.66. The molecule has 1 aliphatic rings. The first-order chi connectivity index (χ1) is 29.7. The Morgan fingerprint density at radius 3 is 1.46 bits per heavy atom. The number of hydrogen-bond donors (Lipinski definition) is 0. The molecule has 0 bridgehead atoms. The summed E-state index contributed by atoms with van der Waals surface area (Å²) >= 11 is 0. The SMILES string of the molecule is CC1(C)CCC(C)(C)c2cc3c(cc21)c1ccccc1n3-c1ccc(-c2nc(-c3ccccc3)nc(-c3cc(-c4ccccc4)cc(-c4ccccc4)c3)n2)c2ccccc12. The van der Waals surface area contributed by atoms with Crippen molar-refractivity contribution >= 4 is 32.6 Å². The van der Waals surface area contributed by atoms with Gasteiger partial charge >= 0.3 is 0 Å². The third kappa shape index (κ3) is 6.33. The predicted molar refractivity (Wildman–Crippen MR) is 254 cm³/mol. The number of fused-ring (bicyclic) bond motifs is 5. The average molecular weight is 787 g/mol. The van der Waals surface area contributed by atoms with E-state index in [1.54, 1.807) is 0 Å². The Morgan fingerprint density at radius 2 is 0.836 bits per heavy atom. The molecule has 0 fully saturated rings. The lowest BCUT2D eigenvalue weighted by atomic mass is 9.63. The zero-order valence-electron chi connectivity index (χ0n) is 35.0. The van der Waals surface area contributed by atoms with Crippen LogP contribution in [0.4, 0.5) is 0 Å². The van der Waals surface area contributed by atoms with Crippen molar-refractivity contribution in [1.29, 1.82) is 0 Å². The number of aromatic nitrogens is 4. The van der Waals surface area contributed by atoms with E-state index >= 15 is 0 Å². The molecular weight excluding hydrogens is 741 g/mol. The van der Waals surface area contributed by atoms with E-state index in [2.05, 4.69) is 196 Å². The molecular formula is C57H46N4. The van der Waals surface area contributed by atoms with Crippen LogP contribution in [0.25, 0.3) is 94.7 Å². The van der Waals surface area contributed by atoms with E-state index in [-0.39, 0.29) is 10.8 Å². The van der Waals surface area contributed by atoms with Gasteiger partial charge in [0.25, 0.3) is 0 Å². The molecule has 8 aromatic carbocycles. The van der Waals surface area contributed by atoms with Crippen molar-refractivity contribution in [2.45, 2.75) is 51.4 Å². The Kier molecular flexibility index (Phi) is 8.61. The molecule has 4 nitrogen and oxygen atoms in total. The van der Waals surface area contributed by atoms with Gasteiger partial charge in [-0.3, -0.25) is 0 Å². The van der Waals surface area contributed by atoms with Crippen molar-refractivity contribution in [2.24, 2.45) is 0 Å². The van der Waals surface area contributed by atoms with Gasteiger partial charge in [0.1, 0.15) is 0 Å². The molecule has 4 heteroatoms. The predicted octanol–water partition coefficient (Wildman–Crippen LogP) is 14.8. The fraction of sp³-hybridized carbons (Fsp3) is 0.140. The minimum absolute atomic E-state index is 0.0849. The van der Waals surface area contributed by atoms with Crippen LogP contribution in [-0.2, 0) is 10.8 Å². The maximum absolute atomic E-state index is 5.36. The summed E-state index contributed by atoms with van der Waals surface area (Å²) in [7, 11) is 0. The van der Waals surface area contributed by atoms with Gasteiger partial charge in [0.2, 0.25) is 0 Å². The molecule has 0 aliphatic heterocycles.